The topological polar surface area (TPSA) is 59.1 Å². The lowest BCUT2D eigenvalue weighted by atomic mass is 9.95. The zero-order chi connectivity index (χ0) is 10.8. The molecule has 1 aromatic rings. The van der Waals surface area contributed by atoms with Crippen molar-refractivity contribution in [3.8, 4) is 0 Å². The fourth-order valence-electron chi connectivity index (χ4n) is 1.89. The van der Waals surface area contributed by atoms with E-state index in [1.54, 1.807) is 6.20 Å². The smallest absolute Gasteiger partial charge is 0.129 e. The molecular weight excluding hydrogens is 208 g/mol. The molecule has 2 atom stereocenters. The van der Waals surface area contributed by atoms with Crippen LogP contribution in [0, 0.1) is 12.8 Å². The second kappa shape index (κ2) is 4.41. The first-order chi connectivity index (χ1) is 7.18. The number of anilines is 1. The minimum atomic E-state index is -0.451. The second-order valence-corrected chi connectivity index (χ2v) is 5.21. The van der Waals surface area contributed by atoms with Crippen molar-refractivity contribution in [2.45, 2.75) is 19.4 Å². The largest absolute Gasteiger partial charge is 0.388 e. The van der Waals surface area contributed by atoms with Gasteiger partial charge < -0.3 is 10.8 Å². The van der Waals surface area contributed by atoms with E-state index in [2.05, 4.69) is 4.98 Å². The maximum atomic E-state index is 10.2. The Balaban J connectivity index is 2.23. The summed E-state index contributed by atoms with van der Waals surface area (Å²) < 4.78 is 0. The van der Waals surface area contributed by atoms with E-state index in [1.807, 2.05) is 24.8 Å². The number of nitrogens with two attached hydrogens (primary N) is 1. The minimum Gasteiger partial charge on any atom is -0.388 e. The zero-order valence-electron chi connectivity index (χ0n) is 8.81. The van der Waals surface area contributed by atoms with Crippen LogP contribution in [0.5, 0.6) is 0 Å². The van der Waals surface area contributed by atoms with Crippen molar-refractivity contribution in [2.24, 2.45) is 5.92 Å². The highest BCUT2D eigenvalue weighted by molar-refractivity contribution is 7.99. The highest BCUT2D eigenvalue weighted by atomic mass is 32.2. The van der Waals surface area contributed by atoms with Crippen LogP contribution < -0.4 is 5.73 Å². The number of aliphatic hydroxyl groups is 1. The van der Waals surface area contributed by atoms with E-state index in [4.69, 9.17) is 5.73 Å². The molecule has 1 saturated heterocycles. The third-order valence-electron chi connectivity index (χ3n) is 2.82. The van der Waals surface area contributed by atoms with Gasteiger partial charge in [0.2, 0.25) is 0 Å². The quantitative estimate of drug-likeness (QED) is 0.803. The zero-order valence-corrected chi connectivity index (χ0v) is 9.63. The standard InChI is InChI=1S/C11H16N2OS/c1-7-4-9(11(12)13-5-7)10(14)8-2-3-15-6-8/h4-5,8,10,14H,2-3,6H2,1H3,(H2,12,13). The molecule has 2 heterocycles. The molecule has 3 nitrogen and oxygen atoms in total. The molecule has 0 saturated carbocycles. The van der Waals surface area contributed by atoms with Crippen LogP contribution in [0.1, 0.15) is 23.7 Å². The highest BCUT2D eigenvalue weighted by Gasteiger charge is 2.26. The van der Waals surface area contributed by atoms with E-state index in [0.29, 0.717) is 11.7 Å². The van der Waals surface area contributed by atoms with Crippen molar-refractivity contribution >= 4 is 17.6 Å². The van der Waals surface area contributed by atoms with E-state index in [1.165, 1.54) is 0 Å². The van der Waals surface area contributed by atoms with Gasteiger partial charge in [-0.1, -0.05) is 0 Å². The van der Waals surface area contributed by atoms with Crippen LogP contribution in [-0.4, -0.2) is 21.6 Å². The number of hydrogen-bond donors (Lipinski definition) is 2. The maximum Gasteiger partial charge on any atom is 0.129 e. The van der Waals surface area contributed by atoms with Crippen LogP contribution in [-0.2, 0) is 0 Å². The summed E-state index contributed by atoms with van der Waals surface area (Å²) in [6, 6.07) is 1.94. The summed E-state index contributed by atoms with van der Waals surface area (Å²) in [5, 5.41) is 10.2. The van der Waals surface area contributed by atoms with Gasteiger partial charge >= 0.3 is 0 Å². The molecule has 0 radical (unpaired) electrons. The first-order valence-electron chi connectivity index (χ1n) is 5.16. The Morgan fingerprint density at radius 3 is 3.13 bits per heavy atom. The van der Waals surface area contributed by atoms with E-state index in [-0.39, 0.29) is 0 Å². The summed E-state index contributed by atoms with van der Waals surface area (Å²) in [5.41, 5.74) is 7.62. The normalized spacial score (nSPS) is 22.9. The second-order valence-electron chi connectivity index (χ2n) is 4.06. The summed E-state index contributed by atoms with van der Waals surface area (Å²) in [6.45, 7) is 1.96. The monoisotopic (exact) mass is 224 g/mol. The fourth-order valence-corrected chi connectivity index (χ4v) is 3.18. The molecule has 2 rings (SSSR count). The Hall–Kier alpha value is -0.740. The van der Waals surface area contributed by atoms with Gasteiger partial charge in [-0.05, 0) is 42.4 Å². The van der Waals surface area contributed by atoms with Gasteiger partial charge in [-0.25, -0.2) is 4.98 Å². The van der Waals surface area contributed by atoms with Gasteiger partial charge in [-0.3, -0.25) is 0 Å². The first kappa shape index (κ1) is 10.8. The van der Waals surface area contributed by atoms with E-state index in [0.717, 1.165) is 29.1 Å². The molecule has 1 fully saturated rings. The number of aliphatic hydroxyl groups excluding tert-OH is 1. The van der Waals surface area contributed by atoms with Gasteiger partial charge in [-0.2, -0.15) is 11.8 Å². The molecule has 4 heteroatoms. The van der Waals surface area contributed by atoms with Crippen LogP contribution in [0.2, 0.25) is 0 Å². The average Bonchev–Trinajstić information content (AvgIpc) is 2.74. The third-order valence-corrected chi connectivity index (χ3v) is 4.00. The Bertz CT molecular complexity index is 350. The van der Waals surface area contributed by atoms with E-state index in [9.17, 15) is 5.11 Å². The van der Waals surface area contributed by atoms with Gasteiger partial charge in [0, 0.05) is 11.8 Å². The number of aryl methyl sites for hydroxylation is 1. The fraction of sp³-hybridized carbons (Fsp3) is 0.545. The number of thioether (sulfide) groups is 1. The number of hydrogen-bond acceptors (Lipinski definition) is 4. The summed E-state index contributed by atoms with van der Waals surface area (Å²) >= 11 is 1.89. The molecule has 1 aliphatic rings. The number of nitrogens with zero attached hydrogens (tertiary/aromatic N) is 1. The third kappa shape index (κ3) is 2.26. The number of aromatic nitrogens is 1. The molecule has 0 bridgehead atoms. The lowest BCUT2D eigenvalue weighted by Crippen LogP contribution is -2.14. The molecule has 0 aliphatic carbocycles. The van der Waals surface area contributed by atoms with Gasteiger partial charge in [0.25, 0.3) is 0 Å². The number of pyridine rings is 1. The van der Waals surface area contributed by atoms with Crippen molar-refractivity contribution in [3.63, 3.8) is 0 Å². The first-order valence-corrected chi connectivity index (χ1v) is 6.32. The molecular formula is C11H16N2OS. The Morgan fingerprint density at radius 1 is 1.67 bits per heavy atom. The van der Waals surface area contributed by atoms with E-state index < -0.39 is 6.10 Å². The molecule has 0 amide bonds. The van der Waals surface area contributed by atoms with Gasteiger partial charge in [0.15, 0.2) is 0 Å². The minimum absolute atomic E-state index is 0.334. The van der Waals surface area contributed by atoms with Crippen LogP contribution in [0.15, 0.2) is 12.3 Å². The summed E-state index contributed by atoms with van der Waals surface area (Å²) in [7, 11) is 0. The van der Waals surface area contributed by atoms with E-state index >= 15 is 0 Å². The van der Waals surface area contributed by atoms with Gasteiger partial charge in [0.05, 0.1) is 6.10 Å². The lowest BCUT2D eigenvalue weighted by molar-refractivity contribution is 0.121. The summed E-state index contributed by atoms with van der Waals surface area (Å²) in [5.74, 6) is 2.96. The molecule has 3 N–H and O–H groups in total. The Labute approximate surface area is 94.1 Å². The van der Waals surface area contributed by atoms with Crippen molar-refractivity contribution < 1.29 is 5.11 Å². The Morgan fingerprint density at radius 2 is 2.47 bits per heavy atom. The molecule has 15 heavy (non-hydrogen) atoms. The number of nitrogen functional groups attached to an aromatic ring is 1. The maximum absolute atomic E-state index is 10.2. The SMILES string of the molecule is Cc1cnc(N)c(C(O)C2CCSC2)c1. The van der Waals surface area contributed by atoms with Gasteiger partial charge in [0.1, 0.15) is 5.82 Å². The average molecular weight is 224 g/mol. The number of rotatable bonds is 2. The lowest BCUT2D eigenvalue weighted by Gasteiger charge is -2.18. The summed E-state index contributed by atoms with van der Waals surface area (Å²) in [6.07, 6.45) is 2.35. The van der Waals surface area contributed by atoms with Crippen LogP contribution in [0.4, 0.5) is 5.82 Å². The van der Waals surface area contributed by atoms with Gasteiger partial charge in [-0.15, -0.1) is 0 Å². The summed E-state index contributed by atoms with van der Waals surface area (Å²) in [4.78, 5) is 4.08. The van der Waals surface area contributed by atoms with Crippen LogP contribution >= 0.6 is 11.8 Å². The molecule has 82 valence electrons. The van der Waals surface area contributed by atoms with Crippen LogP contribution in [0.25, 0.3) is 0 Å². The molecule has 2 unspecified atom stereocenters. The van der Waals surface area contributed by atoms with Crippen molar-refractivity contribution in [1.82, 2.24) is 4.98 Å². The highest BCUT2D eigenvalue weighted by Crippen LogP contribution is 2.35. The molecule has 1 aromatic heterocycles. The van der Waals surface area contributed by atoms with Crippen molar-refractivity contribution in [3.05, 3.63) is 23.4 Å². The molecule has 0 spiro atoms. The predicted octanol–water partition coefficient (Wildman–Crippen LogP) is 1.76. The molecule has 1 aliphatic heterocycles. The van der Waals surface area contributed by atoms with Crippen molar-refractivity contribution in [1.29, 1.82) is 0 Å². The van der Waals surface area contributed by atoms with Crippen LogP contribution in [0.3, 0.4) is 0 Å². The van der Waals surface area contributed by atoms with Crippen molar-refractivity contribution in [2.75, 3.05) is 17.2 Å². The predicted molar refractivity (Wildman–Crippen MR) is 63.8 cm³/mol. The Kier molecular flexibility index (Phi) is 3.17. The molecule has 0 aromatic carbocycles.